The first-order chi connectivity index (χ1) is 44.0. The number of aromatic nitrogens is 6. The smallest absolute Gasteiger partial charge is 0.472 e. The number of nitrogen functional groups attached to an aromatic ring is 2. The van der Waals surface area contributed by atoms with Crippen molar-refractivity contribution in [2.75, 3.05) is 111 Å². The number of imidazole rings is 2. The van der Waals surface area contributed by atoms with Crippen molar-refractivity contribution >= 4 is 71.8 Å². The highest BCUT2D eigenvalue weighted by Gasteiger charge is 2.23. The van der Waals surface area contributed by atoms with Gasteiger partial charge >= 0.3 is 7.82 Å². The van der Waals surface area contributed by atoms with Crippen LogP contribution in [-0.2, 0) is 58.3 Å². The molecule has 0 saturated heterocycles. The molecule has 0 saturated carbocycles. The van der Waals surface area contributed by atoms with Gasteiger partial charge in [-0.25, -0.2) is 29.6 Å². The van der Waals surface area contributed by atoms with E-state index in [0.717, 1.165) is 160 Å². The molecule has 6 rings (SSSR count). The van der Waals surface area contributed by atoms with E-state index in [1.807, 2.05) is 83.5 Å². The predicted molar refractivity (Wildman–Crippen MR) is 385 cm³/mol. The molecule has 25 heteroatoms. The van der Waals surface area contributed by atoms with E-state index in [2.05, 4.69) is 72.3 Å². The molecule has 0 bridgehead atoms. The summed E-state index contributed by atoms with van der Waals surface area (Å²) >= 11 is 0. The van der Waals surface area contributed by atoms with Crippen molar-refractivity contribution in [1.29, 1.82) is 0 Å². The number of nitrogens with two attached hydrogens (primary N) is 2. The van der Waals surface area contributed by atoms with Crippen LogP contribution < -0.4 is 31.1 Å². The van der Waals surface area contributed by atoms with E-state index in [1.165, 1.54) is 0 Å². The average molecular weight is 1350 g/mol. The summed E-state index contributed by atoms with van der Waals surface area (Å²) < 4.78 is 59.5. The number of aliphatic hydroxyl groups excluding tert-OH is 3. The maximum absolute atomic E-state index is 11.8. The van der Waals surface area contributed by atoms with Gasteiger partial charge in [0.05, 0.1) is 81.5 Å². The summed E-state index contributed by atoms with van der Waals surface area (Å²) in [7, 11) is -2.90. The quantitative estimate of drug-likeness (QED) is 0.0100. The Labute approximate surface area is 560 Å². The van der Waals surface area contributed by atoms with Crippen LogP contribution in [0.2, 0.25) is 0 Å². The molecule has 6 aromatic rings. The third kappa shape index (κ3) is 32.9. The number of benzene rings is 2. The number of hydrogen-bond acceptors (Lipinski definition) is 20. The number of hydrogen-bond donors (Lipinski definition) is 8. The lowest BCUT2D eigenvalue weighted by atomic mass is 10.1. The van der Waals surface area contributed by atoms with E-state index >= 15 is 0 Å². The lowest BCUT2D eigenvalue weighted by Gasteiger charge is -2.19. The fourth-order valence-electron chi connectivity index (χ4n) is 8.64. The van der Waals surface area contributed by atoms with Gasteiger partial charge in [-0.2, -0.15) is 0 Å². The molecule has 0 amide bonds. The number of phosphoric acid groups is 1. The molecule has 2 unspecified atom stereocenters. The first kappa shape index (κ1) is 88.6. The minimum Gasteiger partial charge on any atom is -0.494 e. The Morgan fingerprint density at radius 3 is 1.54 bits per heavy atom. The Morgan fingerprint density at radius 1 is 0.581 bits per heavy atom. The number of pyridine rings is 2. The maximum atomic E-state index is 11.8. The molecule has 0 aliphatic carbocycles. The molecule has 0 aliphatic heterocycles. The van der Waals surface area contributed by atoms with Gasteiger partial charge in [0, 0.05) is 68.7 Å². The SMILES string of the molecule is C.C.CC.CCCCc1nc2c(N)nc3cc(OCCCCCCO)ccc3c2n1CCC.CCCCc1nc2c(N)nc3cc(OCCOCCOCCOP(=O)(O)OC[C@H](C)CC)ccc3c2n1CCO.CCOCNP(NC)OC[C@H](C)CC.CC[C@@H](C)CO. The van der Waals surface area contributed by atoms with E-state index in [1.54, 1.807) is 0 Å². The minimum absolute atomic E-state index is 0. The normalized spacial score (nSPS) is 13.0. The molecule has 4 aromatic heterocycles. The van der Waals surface area contributed by atoms with Crippen LogP contribution in [0, 0.1) is 17.8 Å². The molecule has 4 heterocycles. The third-order valence-electron chi connectivity index (χ3n) is 14.6. The Kier molecular flexibility index (Phi) is 50.2. The number of aryl methyl sites for hydroxylation is 3. The van der Waals surface area contributed by atoms with Gasteiger partial charge in [-0.05, 0) is 94.5 Å². The second-order valence-corrected chi connectivity index (χ2v) is 25.1. The van der Waals surface area contributed by atoms with Crippen molar-refractivity contribution in [3.8, 4) is 11.5 Å². The van der Waals surface area contributed by atoms with Gasteiger partial charge in [-0.1, -0.05) is 130 Å². The molecule has 536 valence electrons. The summed E-state index contributed by atoms with van der Waals surface area (Å²) in [6.45, 7) is 31.2. The summed E-state index contributed by atoms with van der Waals surface area (Å²) in [5.41, 5.74) is 17.6. The van der Waals surface area contributed by atoms with E-state index in [9.17, 15) is 14.6 Å². The summed E-state index contributed by atoms with van der Waals surface area (Å²) in [6.07, 6.45) is 14.2. The van der Waals surface area contributed by atoms with Crippen LogP contribution in [0.5, 0.6) is 11.5 Å². The number of ether oxygens (including phenoxy) is 5. The molecular weight excluding hydrogens is 1230 g/mol. The molecule has 10 N–H and O–H groups in total. The van der Waals surface area contributed by atoms with Crippen molar-refractivity contribution in [3.63, 3.8) is 0 Å². The Hall–Kier alpha value is -4.42. The van der Waals surface area contributed by atoms with Gasteiger partial charge in [-0.3, -0.25) is 14.1 Å². The van der Waals surface area contributed by atoms with Crippen molar-refractivity contribution < 1.29 is 62.0 Å². The predicted octanol–water partition coefficient (Wildman–Crippen LogP) is 14.3. The Morgan fingerprint density at radius 2 is 1.08 bits per heavy atom. The number of fused-ring (bicyclic) bond motifs is 6. The van der Waals surface area contributed by atoms with Gasteiger partial charge in [0.15, 0.2) is 20.1 Å². The Bertz CT molecular complexity index is 2900. The van der Waals surface area contributed by atoms with Crippen LogP contribution in [0.25, 0.3) is 43.9 Å². The number of anilines is 2. The summed E-state index contributed by atoms with van der Waals surface area (Å²) in [6, 6.07) is 11.7. The Balaban J connectivity index is 0.00000139. The highest BCUT2D eigenvalue weighted by atomic mass is 31.2. The van der Waals surface area contributed by atoms with Crippen molar-refractivity contribution in [2.45, 2.75) is 201 Å². The fourth-order valence-corrected chi connectivity index (χ4v) is 10.5. The van der Waals surface area contributed by atoms with Crippen LogP contribution in [0.4, 0.5) is 11.6 Å². The zero-order chi connectivity index (χ0) is 67.4. The highest BCUT2D eigenvalue weighted by molar-refractivity contribution is 7.48. The van der Waals surface area contributed by atoms with Crippen LogP contribution in [0.1, 0.15) is 187 Å². The van der Waals surface area contributed by atoms with Gasteiger partial charge in [0.25, 0.3) is 0 Å². The highest BCUT2D eigenvalue weighted by Crippen LogP contribution is 2.43. The molecule has 23 nitrogen and oxygen atoms in total. The zero-order valence-electron chi connectivity index (χ0n) is 57.6. The standard InChI is InChI=1S/C27H43N4O8P.C23H34N4O2.C9H23N2O2P.C5H12O.C2H6.2CH4/c1-4-6-7-24-30-25-26(31(24)10-11-32)22-9-8-21(18-23(22)29-27(25)28)37-16-14-35-12-13-36-15-17-38-40(33,34)39-19-20(3)5-2;1-3-5-10-20-26-21-22(27(20)13-4-2)18-12-11-17(16-19(18)25-23(21)24)29-15-9-7-6-8-14-28;1-5-9(3)7-13-14(10-4)11-8-12-6-2;1-3-5(2)4-6;1-2;;/h8-9,18,20,32H,4-7,10-17,19H2,1-3H3,(H2,28,29)(H,33,34);11-12,16,28H,3-10,13-15H2,1-2H3,(H2,24,25);9-11H,5-8H2,1-4H3;5-6H,3-4H2,1-2H3;1-2H3;2*1H4/t20-;;9-,14?;5-;;;/m1.11.../s1. The molecule has 0 fully saturated rings. The molecule has 0 radical (unpaired) electrons. The van der Waals surface area contributed by atoms with E-state index < -0.39 is 16.3 Å². The van der Waals surface area contributed by atoms with Crippen molar-refractivity contribution in [3.05, 3.63) is 48.0 Å². The molecule has 5 atom stereocenters. The molecule has 0 aliphatic rings. The summed E-state index contributed by atoms with van der Waals surface area (Å²) in [5.74, 6) is 5.59. The average Bonchev–Trinajstić information content (AvgIpc) is 1.66. The van der Waals surface area contributed by atoms with E-state index in [0.29, 0.717) is 93.2 Å². The number of aliphatic hydroxyl groups is 3. The number of rotatable bonds is 43. The number of unbranched alkanes of at least 4 members (excludes halogenated alkanes) is 5. The fraction of sp³-hybridized carbons (Fsp3) is 0.706. The summed E-state index contributed by atoms with van der Waals surface area (Å²) in [5, 5.41) is 35.1. The topological polar surface area (TPSA) is 309 Å². The second kappa shape index (κ2) is 52.7. The lowest BCUT2D eigenvalue weighted by molar-refractivity contribution is 0.0219. The van der Waals surface area contributed by atoms with Crippen LogP contribution in [-0.4, -0.2) is 149 Å². The lowest BCUT2D eigenvalue weighted by Crippen LogP contribution is -2.21. The zero-order valence-corrected chi connectivity index (χ0v) is 59.4. The monoisotopic (exact) mass is 1350 g/mol. The molecular formula is C68H126N10O13P2. The number of nitrogens with zero attached hydrogens (tertiary/aromatic N) is 6. The molecule has 93 heavy (non-hydrogen) atoms. The first-order valence-corrected chi connectivity index (χ1v) is 36.2. The van der Waals surface area contributed by atoms with Gasteiger partial charge in [0.2, 0.25) is 0 Å². The van der Waals surface area contributed by atoms with Gasteiger partial charge in [-0.15, -0.1) is 0 Å². The van der Waals surface area contributed by atoms with Crippen LogP contribution in [0.3, 0.4) is 0 Å². The minimum atomic E-state index is -4.05. The van der Waals surface area contributed by atoms with Crippen LogP contribution in [0.15, 0.2) is 36.4 Å². The van der Waals surface area contributed by atoms with Crippen molar-refractivity contribution in [2.24, 2.45) is 17.8 Å². The van der Waals surface area contributed by atoms with E-state index in [-0.39, 0.29) is 53.8 Å². The largest absolute Gasteiger partial charge is 0.494 e. The molecule has 0 spiro atoms. The van der Waals surface area contributed by atoms with Crippen LogP contribution >= 0.6 is 16.3 Å². The van der Waals surface area contributed by atoms with Gasteiger partial charge < -0.3 is 69.0 Å². The summed E-state index contributed by atoms with van der Waals surface area (Å²) in [4.78, 5) is 28.4. The third-order valence-corrected chi connectivity index (χ3v) is 16.8. The van der Waals surface area contributed by atoms with Gasteiger partial charge in [0.1, 0.15) is 47.5 Å². The maximum Gasteiger partial charge on any atom is 0.472 e. The van der Waals surface area contributed by atoms with E-state index in [4.69, 9.17) is 68.9 Å². The molecule has 2 aromatic carbocycles. The number of phosphoric ester groups is 1. The number of nitrogens with one attached hydrogen (secondary N) is 2. The second-order valence-electron chi connectivity index (χ2n) is 22.0. The first-order valence-electron chi connectivity index (χ1n) is 33.5. The van der Waals surface area contributed by atoms with Crippen molar-refractivity contribution in [1.82, 2.24) is 39.2 Å².